The molecule has 1 aromatic carbocycles. The molecule has 44 heavy (non-hydrogen) atoms. The van der Waals surface area contributed by atoms with Gasteiger partial charge in [-0.2, -0.15) is 13.2 Å². The molecule has 0 bridgehead atoms. The van der Waals surface area contributed by atoms with Gasteiger partial charge >= 0.3 is 6.18 Å². The molecule has 236 valence electrons. The summed E-state index contributed by atoms with van der Waals surface area (Å²) in [5.74, 6) is -4.17. The number of benzene rings is 1. The minimum atomic E-state index is -4.93. The first-order chi connectivity index (χ1) is 20.7. The lowest BCUT2D eigenvalue weighted by atomic mass is 9.95. The molecule has 4 heterocycles. The number of likely N-dealkylation sites (N-methyl/N-ethyl adjacent to an activating group) is 1. The van der Waals surface area contributed by atoms with E-state index in [-0.39, 0.29) is 35.5 Å². The number of hydrogen-bond acceptors (Lipinski definition) is 8. The summed E-state index contributed by atoms with van der Waals surface area (Å²) < 4.78 is 62.8. The number of dihydropyridines is 1. The van der Waals surface area contributed by atoms with Crippen LogP contribution < -0.4 is 15.1 Å². The minimum absolute atomic E-state index is 0.0155. The Kier molecular flexibility index (Phi) is 8.76. The zero-order valence-corrected chi connectivity index (χ0v) is 25.1. The Morgan fingerprint density at radius 3 is 2.18 bits per heavy atom. The maximum absolute atomic E-state index is 15.8. The standard InChI is InChI=1S/C30H35F4N7O3/c1-16-12-40(13-17(2)39(16)5)26-8-24(31)21(20-9-36-29(37-10-20)41-14-18(3)44-19(4)15-41)6-25(26)38-28(43)22-11-35-27(42)7-23(22)30(32,33)34/h6-11,16-19,22H,12-15H2,1-5H3,(H,38,43)/t16-,17+,18-,19+,22?. The van der Waals surface area contributed by atoms with Crippen LogP contribution in [0.3, 0.4) is 0 Å². The number of amides is 2. The van der Waals surface area contributed by atoms with Crippen LogP contribution in [0.4, 0.5) is 34.9 Å². The van der Waals surface area contributed by atoms with Gasteiger partial charge in [0.25, 0.3) is 5.91 Å². The summed E-state index contributed by atoms with van der Waals surface area (Å²) in [5, 5.41) is 2.58. The Bertz CT molecular complexity index is 1460. The van der Waals surface area contributed by atoms with Crippen LogP contribution in [0.1, 0.15) is 27.7 Å². The van der Waals surface area contributed by atoms with E-state index in [4.69, 9.17) is 4.74 Å². The van der Waals surface area contributed by atoms with E-state index in [1.165, 1.54) is 24.5 Å². The number of rotatable bonds is 5. The number of aliphatic imine (C=N–C) groups is 1. The Morgan fingerprint density at radius 1 is 0.977 bits per heavy atom. The molecule has 3 aliphatic rings. The van der Waals surface area contributed by atoms with Crippen LogP contribution in [-0.2, 0) is 14.3 Å². The van der Waals surface area contributed by atoms with Gasteiger partial charge in [0.15, 0.2) is 0 Å². The molecule has 3 aliphatic heterocycles. The van der Waals surface area contributed by atoms with E-state index in [9.17, 15) is 22.8 Å². The van der Waals surface area contributed by atoms with Gasteiger partial charge in [-0.1, -0.05) is 0 Å². The molecule has 1 N–H and O–H groups in total. The Balaban J connectivity index is 1.51. The smallest absolute Gasteiger partial charge is 0.372 e. The van der Waals surface area contributed by atoms with Crippen molar-refractivity contribution in [1.82, 2.24) is 14.9 Å². The summed E-state index contributed by atoms with van der Waals surface area (Å²) in [6, 6.07) is 2.81. The van der Waals surface area contributed by atoms with E-state index in [2.05, 4.69) is 25.2 Å². The van der Waals surface area contributed by atoms with Gasteiger partial charge < -0.3 is 19.9 Å². The van der Waals surface area contributed by atoms with Gasteiger partial charge in [-0.3, -0.25) is 14.5 Å². The van der Waals surface area contributed by atoms with Crippen LogP contribution in [0.2, 0.25) is 0 Å². The topological polar surface area (TPSA) is 103 Å². The Morgan fingerprint density at radius 2 is 1.59 bits per heavy atom. The molecule has 1 unspecified atom stereocenters. The second kappa shape index (κ2) is 12.2. The summed E-state index contributed by atoms with van der Waals surface area (Å²) in [6.45, 7) is 10.1. The van der Waals surface area contributed by atoms with E-state index < -0.39 is 35.3 Å². The number of hydrogen-bond donors (Lipinski definition) is 1. The van der Waals surface area contributed by atoms with Crippen molar-refractivity contribution < 1.29 is 31.9 Å². The van der Waals surface area contributed by atoms with Gasteiger partial charge in [0.2, 0.25) is 11.9 Å². The molecule has 10 nitrogen and oxygen atoms in total. The molecule has 0 saturated carbocycles. The lowest BCUT2D eigenvalue weighted by molar-refractivity contribution is -0.124. The van der Waals surface area contributed by atoms with Crippen LogP contribution in [0.15, 0.2) is 41.2 Å². The number of morpholine rings is 1. The number of anilines is 3. The molecule has 5 rings (SSSR count). The average Bonchev–Trinajstić information content (AvgIpc) is 2.95. The molecule has 0 aliphatic carbocycles. The van der Waals surface area contributed by atoms with Crippen LogP contribution in [0.5, 0.6) is 0 Å². The molecular formula is C30H35F4N7O3. The third-order valence-electron chi connectivity index (χ3n) is 8.27. The van der Waals surface area contributed by atoms with Gasteiger partial charge in [0, 0.05) is 74.1 Å². The quantitative estimate of drug-likeness (QED) is 0.501. The summed E-state index contributed by atoms with van der Waals surface area (Å²) in [5.41, 5.74) is -0.503. The SMILES string of the molecule is C[C@@H]1CN(c2ncc(-c3cc(NC(=O)C4C=NC(=O)C=C4C(F)(F)F)c(N4C[C@@H](C)N(C)[C@@H](C)C4)cc3F)cn2)C[C@H](C)O1. The van der Waals surface area contributed by atoms with Crippen molar-refractivity contribution in [3.8, 4) is 11.1 Å². The zero-order chi connectivity index (χ0) is 31.9. The van der Waals surface area contributed by atoms with Crippen molar-refractivity contribution in [2.45, 2.75) is 58.2 Å². The number of carbonyl (C=O) groups is 2. The van der Waals surface area contributed by atoms with Crippen LogP contribution >= 0.6 is 0 Å². The largest absolute Gasteiger partial charge is 0.414 e. The summed E-state index contributed by atoms with van der Waals surface area (Å²) in [4.78, 5) is 43.3. The Hall–Kier alpha value is -3.91. The van der Waals surface area contributed by atoms with Crippen molar-refractivity contribution in [3.63, 3.8) is 0 Å². The molecule has 0 spiro atoms. The maximum Gasteiger partial charge on any atom is 0.414 e. The van der Waals surface area contributed by atoms with Gasteiger partial charge in [0.05, 0.1) is 29.2 Å². The summed E-state index contributed by atoms with van der Waals surface area (Å²) >= 11 is 0. The number of piperazine rings is 1. The van der Waals surface area contributed by atoms with Gasteiger partial charge in [-0.15, -0.1) is 0 Å². The first-order valence-electron chi connectivity index (χ1n) is 14.4. The highest BCUT2D eigenvalue weighted by Crippen LogP contribution is 2.38. The minimum Gasteiger partial charge on any atom is -0.372 e. The van der Waals surface area contributed by atoms with E-state index in [0.717, 1.165) is 0 Å². The van der Waals surface area contributed by atoms with E-state index in [0.29, 0.717) is 55.7 Å². The number of carbonyl (C=O) groups excluding carboxylic acids is 2. The van der Waals surface area contributed by atoms with Crippen molar-refractivity contribution in [2.24, 2.45) is 10.9 Å². The van der Waals surface area contributed by atoms with E-state index in [1.54, 1.807) is 0 Å². The molecule has 2 fully saturated rings. The maximum atomic E-state index is 15.8. The molecular weight excluding hydrogens is 582 g/mol. The fourth-order valence-corrected chi connectivity index (χ4v) is 5.88. The molecule has 0 radical (unpaired) electrons. The molecule has 2 aromatic rings. The first-order valence-corrected chi connectivity index (χ1v) is 14.4. The average molecular weight is 618 g/mol. The monoisotopic (exact) mass is 617 g/mol. The van der Waals surface area contributed by atoms with Crippen LogP contribution in [0, 0.1) is 11.7 Å². The lowest BCUT2D eigenvalue weighted by Crippen LogP contribution is -2.55. The number of aromatic nitrogens is 2. The number of alkyl halides is 3. The van der Waals surface area contributed by atoms with Crippen molar-refractivity contribution >= 4 is 35.4 Å². The van der Waals surface area contributed by atoms with E-state index >= 15 is 4.39 Å². The number of nitrogens with one attached hydrogen (secondary N) is 1. The Labute approximate surface area is 252 Å². The summed E-state index contributed by atoms with van der Waals surface area (Å²) in [7, 11) is 1.98. The van der Waals surface area contributed by atoms with Gasteiger partial charge in [-0.25, -0.2) is 19.4 Å². The van der Waals surface area contributed by atoms with Gasteiger partial charge in [-0.05, 0) is 46.9 Å². The number of ether oxygens (including phenoxy) is 1. The molecule has 5 atom stereocenters. The van der Waals surface area contributed by atoms with Crippen LogP contribution in [-0.4, -0.2) is 96.6 Å². The van der Waals surface area contributed by atoms with Crippen molar-refractivity contribution in [1.29, 1.82) is 0 Å². The van der Waals surface area contributed by atoms with Crippen molar-refractivity contribution in [3.05, 3.63) is 42.0 Å². The highest BCUT2D eigenvalue weighted by molar-refractivity contribution is 6.11. The predicted octanol–water partition coefficient (Wildman–Crippen LogP) is 4.08. The molecule has 2 saturated heterocycles. The third-order valence-corrected chi connectivity index (χ3v) is 8.27. The molecule has 2 amide bonds. The number of halogens is 4. The highest BCUT2D eigenvalue weighted by atomic mass is 19.4. The van der Waals surface area contributed by atoms with Crippen LogP contribution in [0.25, 0.3) is 11.1 Å². The van der Waals surface area contributed by atoms with Crippen molar-refractivity contribution in [2.75, 3.05) is 48.3 Å². The van der Waals surface area contributed by atoms with E-state index in [1.807, 2.05) is 44.5 Å². The molecule has 14 heteroatoms. The highest BCUT2D eigenvalue weighted by Gasteiger charge is 2.43. The third kappa shape index (κ3) is 6.60. The number of nitrogens with zero attached hydrogens (tertiary/aromatic N) is 6. The first kappa shape index (κ1) is 31.5. The van der Waals surface area contributed by atoms with Gasteiger partial charge in [0.1, 0.15) is 11.7 Å². The predicted molar refractivity (Wildman–Crippen MR) is 158 cm³/mol. The lowest BCUT2D eigenvalue weighted by Gasteiger charge is -2.44. The second-order valence-electron chi connectivity index (χ2n) is 11.7. The normalized spacial score (nSPS) is 26.5. The fourth-order valence-electron chi connectivity index (χ4n) is 5.88. The fraction of sp³-hybridized carbons (Fsp3) is 0.500. The second-order valence-corrected chi connectivity index (χ2v) is 11.7. The molecule has 1 aromatic heterocycles. The zero-order valence-electron chi connectivity index (χ0n) is 25.1. The summed E-state index contributed by atoms with van der Waals surface area (Å²) in [6.07, 6.45) is -1.01.